The number of anilines is 1. The van der Waals surface area contributed by atoms with E-state index >= 15 is 0 Å². The Morgan fingerprint density at radius 3 is 2.87 bits per heavy atom. The lowest BCUT2D eigenvalue weighted by Crippen LogP contribution is -2.09. The number of nitrogens with one attached hydrogen (secondary N) is 1. The Hall–Kier alpha value is -1.27. The van der Waals surface area contributed by atoms with Crippen LogP contribution in [0.15, 0.2) is 18.2 Å². The maximum atomic E-state index is 10.6. The predicted molar refractivity (Wildman–Crippen MR) is 62.7 cm³/mol. The second-order valence-electron chi connectivity index (χ2n) is 2.88. The molecule has 0 amide bonds. The normalized spacial score (nSPS) is 10.0. The Labute approximate surface area is 92.2 Å². The van der Waals surface area contributed by atoms with Crippen LogP contribution in [0.5, 0.6) is 0 Å². The monoisotopic (exact) mass is 227 g/mol. The smallest absolute Gasteiger partial charge is 0.269 e. The number of non-ortho nitro benzene ring substituents is 1. The van der Waals surface area contributed by atoms with Crippen LogP contribution in [-0.4, -0.2) is 10.7 Å². The second-order valence-corrected chi connectivity index (χ2v) is 4.15. The SMILES string of the molecule is CCSCc1cc([N+](=O)[O-])ccc1NN. The molecule has 3 N–H and O–H groups in total. The highest BCUT2D eigenvalue weighted by Crippen LogP contribution is 2.25. The Morgan fingerprint density at radius 1 is 1.60 bits per heavy atom. The molecule has 1 aromatic rings. The quantitative estimate of drug-likeness (QED) is 0.457. The summed E-state index contributed by atoms with van der Waals surface area (Å²) in [7, 11) is 0. The van der Waals surface area contributed by atoms with Crippen molar-refractivity contribution in [1.82, 2.24) is 0 Å². The van der Waals surface area contributed by atoms with Gasteiger partial charge < -0.3 is 5.43 Å². The van der Waals surface area contributed by atoms with Crippen molar-refractivity contribution in [2.24, 2.45) is 5.84 Å². The molecule has 0 spiro atoms. The van der Waals surface area contributed by atoms with Gasteiger partial charge in [-0.25, -0.2) is 0 Å². The average Bonchev–Trinajstić information content (AvgIpc) is 2.25. The number of nitro benzene ring substituents is 1. The summed E-state index contributed by atoms with van der Waals surface area (Å²) >= 11 is 1.69. The zero-order valence-corrected chi connectivity index (χ0v) is 9.21. The van der Waals surface area contributed by atoms with E-state index in [-0.39, 0.29) is 5.69 Å². The summed E-state index contributed by atoms with van der Waals surface area (Å²) < 4.78 is 0. The van der Waals surface area contributed by atoms with Crippen LogP contribution in [0.3, 0.4) is 0 Å². The first-order valence-electron chi connectivity index (χ1n) is 4.50. The van der Waals surface area contributed by atoms with Crippen LogP contribution < -0.4 is 11.3 Å². The summed E-state index contributed by atoms with van der Waals surface area (Å²) in [4.78, 5) is 10.2. The van der Waals surface area contributed by atoms with E-state index in [0.717, 1.165) is 22.8 Å². The number of hydrogen-bond donors (Lipinski definition) is 2. The van der Waals surface area contributed by atoms with E-state index in [1.54, 1.807) is 23.9 Å². The van der Waals surface area contributed by atoms with Gasteiger partial charge in [0, 0.05) is 17.9 Å². The number of hydrazine groups is 1. The minimum atomic E-state index is -0.402. The molecule has 82 valence electrons. The zero-order valence-electron chi connectivity index (χ0n) is 8.40. The number of nitrogens with zero attached hydrogens (tertiary/aromatic N) is 1. The molecule has 6 heteroatoms. The van der Waals surface area contributed by atoms with Gasteiger partial charge in [0.25, 0.3) is 5.69 Å². The molecule has 0 bridgehead atoms. The van der Waals surface area contributed by atoms with Crippen molar-refractivity contribution in [2.45, 2.75) is 12.7 Å². The van der Waals surface area contributed by atoms with E-state index in [4.69, 9.17) is 5.84 Å². The first kappa shape index (κ1) is 11.8. The highest BCUT2D eigenvalue weighted by Gasteiger charge is 2.09. The van der Waals surface area contributed by atoms with Crippen LogP contribution in [0, 0.1) is 10.1 Å². The summed E-state index contributed by atoms with van der Waals surface area (Å²) in [5, 5.41) is 10.6. The van der Waals surface area contributed by atoms with Crippen molar-refractivity contribution < 1.29 is 4.92 Å². The number of hydrogen-bond acceptors (Lipinski definition) is 5. The summed E-state index contributed by atoms with van der Waals surface area (Å²) in [6.07, 6.45) is 0. The first-order chi connectivity index (χ1) is 7.19. The van der Waals surface area contributed by atoms with Gasteiger partial charge in [0.2, 0.25) is 0 Å². The molecule has 1 rings (SSSR count). The summed E-state index contributed by atoms with van der Waals surface area (Å²) in [5.74, 6) is 7.00. The highest BCUT2D eigenvalue weighted by molar-refractivity contribution is 7.98. The second kappa shape index (κ2) is 5.57. The van der Waals surface area contributed by atoms with E-state index in [2.05, 4.69) is 5.43 Å². The molecular weight excluding hydrogens is 214 g/mol. The standard InChI is InChI=1S/C9H13N3O2S/c1-2-15-6-7-5-8(12(13)14)3-4-9(7)11-10/h3-5,11H,2,6,10H2,1H3. The fourth-order valence-electron chi connectivity index (χ4n) is 1.17. The van der Waals surface area contributed by atoms with Gasteiger partial charge in [-0.15, -0.1) is 0 Å². The summed E-state index contributed by atoms with van der Waals surface area (Å²) in [5.41, 5.74) is 4.23. The van der Waals surface area contributed by atoms with Crippen molar-refractivity contribution in [3.63, 3.8) is 0 Å². The van der Waals surface area contributed by atoms with Crippen molar-refractivity contribution in [3.8, 4) is 0 Å². The Balaban J connectivity index is 2.96. The Morgan fingerprint density at radius 2 is 2.33 bits per heavy atom. The molecule has 0 aliphatic carbocycles. The van der Waals surface area contributed by atoms with Gasteiger partial charge in [-0.2, -0.15) is 11.8 Å². The molecule has 0 heterocycles. The molecular formula is C9H13N3O2S. The van der Waals surface area contributed by atoms with E-state index < -0.39 is 4.92 Å². The number of rotatable bonds is 5. The lowest BCUT2D eigenvalue weighted by molar-refractivity contribution is -0.384. The van der Waals surface area contributed by atoms with E-state index in [1.807, 2.05) is 6.92 Å². The third kappa shape index (κ3) is 3.10. The molecule has 0 aliphatic rings. The maximum Gasteiger partial charge on any atom is 0.269 e. The van der Waals surface area contributed by atoms with Crippen molar-refractivity contribution in [3.05, 3.63) is 33.9 Å². The average molecular weight is 227 g/mol. The lowest BCUT2D eigenvalue weighted by atomic mass is 10.2. The molecule has 15 heavy (non-hydrogen) atoms. The van der Waals surface area contributed by atoms with E-state index in [1.165, 1.54) is 6.07 Å². The van der Waals surface area contributed by atoms with Crippen LogP contribution in [0.4, 0.5) is 11.4 Å². The molecule has 0 aliphatic heterocycles. The van der Waals surface area contributed by atoms with Gasteiger partial charge in [0.1, 0.15) is 0 Å². The van der Waals surface area contributed by atoms with Gasteiger partial charge >= 0.3 is 0 Å². The molecule has 0 atom stereocenters. The molecule has 0 fully saturated rings. The summed E-state index contributed by atoms with van der Waals surface area (Å²) in [6.45, 7) is 2.04. The fraction of sp³-hybridized carbons (Fsp3) is 0.333. The largest absolute Gasteiger partial charge is 0.324 e. The van der Waals surface area contributed by atoms with Crippen molar-refractivity contribution in [2.75, 3.05) is 11.2 Å². The third-order valence-electron chi connectivity index (χ3n) is 1.92. The van der Waals surface area contributed by atoms with Crippen molar-refractivity contribution >= 4 is 23.1 Å². The Kier molecular flexibility index (Phi) is 4.38. The van der Waals surface area contributed by atoms with Crippen LogP contribution in [0.25, 0.3) is 0 Å². The van der Waals surface area contributed by atoms with Gasteiger partial charge in [-0.1, -0.05) is 6.92 Å². The zero-order chi connectivity index (χ0) is 11.3. The molecule has 0 radical (unpaired) electrons. The van der Waals surface area contributed by atoms with Crippen LogP contribution >= 0.6 is 11.8 Å². The van der Waals surface area contributed by atoms with Gasteiger partial charge in [0.15, 0.2) is 0 Å². The molecule has 0 saturated carbocycles. The highest BCUT2D eigenvalue weighted by atomic mass is 32.2. The van der Waals surface area contributed by atoms with Gasteiger partial charge in [-0.05, 0) is 17.4 Å². The molecule has 1 aromatic carbocycles. The van der Waals surface area contributed by atoms with Gasteiger partial charge in [0.05, 0.1) is 10.6 Å². The lowest BCUT2D eigenvalue weighted by Gasteiger charge is -2.07. The number of thioether (sulfide) groups is 1. The minimum absolute atomic E-state index is 0.0979. The van der Waals surface area contributed by atoms with Crippen molar-refractivity contribution in [1.29, 1.82) is 0 Å². The molecule has 0 saturated heterocycles. The van der Waals surface area contributed by atoms with E-state index in [0.29, 0.717) is 0 Å². The number of nitro groups is 1. The van der Waals surface area contributed by atoms with Crippen LogP contribution in [0.1, 0.15) is 12.5 Å². The molecule has 0 aromatic heterocycles. The maximum absolute atomic E-state index is 10.6. The van der Waals surface area contributed by atoms with Gasteiger partial charge in [-0.3, -0.25) is 16.0 Å². The minimum Gasteiger partial charge on any atom is -0.324 e. The third-order valence-corrected chi connectivity index (χ3v) is 2.84. The Bertz CT molecular complexity index is 357. The number of nitrogen functional groups attached to an aromatic ring is 1. The fourth-order valence-corrected chi connectivity index (χ4v) is 1.83. The predicted octanol–water partition coefficient (Wildman–Crippen LogP) is 2.13. The van der Waals surface area contributed by atoms with Crippen LogP contribution in [0.2, 0.25) is 0 Å². The molecule has 0 unspecified atom stereocenters. The summed E-state index contributed by atoms with van der Waals surface area (Å²) in [6, 6.07) is 4.62. The van der Waals surface area contributed by atoms with E-state index in [9.17, 15) is 10.1 Å². The first-order valence-corrected chi connectivity index (χ1v) is 5.66. The number of benzene rings is 1. The number of nitrogens with two attached hydrogens (primary N) is 1. The van der Waals surface area contributed by atoms with Crippen LogP contribution in [-0.2, 0) is 5.75 Å². The molecule has 5 nitrogen and oxygen atoms in total. The topological polar surface area (TPSA) is 81.2 Å².